The number of hydrogen-bond acceptors (Lipinski definition) is 6. The third kappa shape index (κ3) is 8.00. The highest BCUT2D eigenvalue weighted by Crippen LogP contribution is 2.48. The molecule has 41 heavy (non-hydrogen) atoms. The Morgan fingerprint density at radius 3 is 1.93 bits per heavy atom. The van der Waals surface area contributed by atoms with Crippen LogP contribution in [0.1, 0.15) is 52.4 Å². The van der Waals surface area contributed by atoms with E-state index in [0.29, 0.717) is 38.5 Å². The standard InChI is InChI=1S/C29H34Cl2F2N2O6/c1-17(2)11-27(38)41-24-14-28(34-25(36)15-39-18-3-5-20(30)22(32)12-18)7-9-29(24,10-8-28)35-26(37)16-40-19-4-6-21(31)23(33)13-19/h3-6,12-13,17,24,27,38H,7-11,14-16H2,1-2H3,(H,34,36)(H,35,37)/t24-,27?,28?,29?/m1/s1. The van der Waals surface area contributed by atoms with Gasteiger partial charge in [-0.3, -0.25) is 9.59 Å². The van der Waals surface area contributed by atoms with Gasteiger partial charge in [-0.05, 0) is 62.3 Å². The lowest BCUT2D eigenvalue weighted by Crippen LogP contribution is -2.71. The Hall–Kier alpha value is -2.66. The predicted molar refractivity (Wildman–Crippen MR) is 149 cm³/mol. The number of ether oxygens (including phenoxy) is 3. The minimum atomic E-state index is -1.06. The molecule has 2 amide bonds. The van der Waals surface area contributed by atoms with Crippen molar-refractivity contribution in [2.45, 2.75) is 75.8 Å². The van der Waals surface area contributed by atoms with Crippen LogP contribution in [0.25, 0.3) is 0 Å². The molecular weight excluding hydrogens is 581 g/mol. The Bertz CT molecular complexity index is 1260. The summed E-state index contributed by atoms with van der Waals surface area (Å²) < 4.78 is 44.5. The number of benzene rings is 2. The number of rotatable bonds is 12. The average Bonchev–Trinajstić information content (AvgIpc) is 2.90. The summed E-state index contributed by atoms with van der Waals surface area (Å²) in [6.45, 7) is 3.24. The Balaban J connectivity index is 1.40. The molecule has 3 saturated carbocycles. The lowest BCUT2D eigenvalue weighted by molar-refractivity contribution is -0.199. The van der Waals surface area contributed by atoms with Crippen LogP contribution in [0.4, 0.5) is 8.78 Å². The highest BCUT2D eigenvalue weighted by molar-refractivity contribution is 6.31. The van der Waals surface area contributed by atoms with Crippen molar-refractivity contribution in [2.75, 3.05) is 13.2 Å². The zero-order valence-electron chi connectivity index (χ0n) is 22.9. The SMILES string of the molecule is CC(C)CC(O)O[C@@H]1CC2(NC(=O)COc3ccc(Cl)c(F)c3)CCC1(NC(=O)COc1ccc(Cl)c(F)c1)CC2. The zero-order chi connectivity index (χ0) is 29.8. The minimum absolute atomic E-state index is 0.0446. The summed E-state index contributed by atoms with van der Waals surface area (Å²) in [6.07, 6.45) is 1.17. The van der Waals surface area contributed by atoms with Gasteiger partial charge in [0.05, 0.1) is 21.7 Å². The molecule has 2 aromatic rings. The number of halogens is 4. The highest BCUT2D eigenvalue weighted by atomic mass is 35.5. The molecule has 5 rings (SSSR count). The van der Waals surface area contributed by atoms with Crippen molar-refractivity contribution in [3.05, 3.63) is 58.1 Å². The monoisotopic (exact) mass is 614 g/mol. The molecule has 0 spiro atoms. The fourth-order valence-corrected chi connectivity index (χ4v) is 5.77. The summed E-state index contributed by atoms with van der Waals surface area (Å²) >= 11 is 11.4. The number of nitrogens with one attached hydrogen (secondary N) is 2. The maximum Gasteiger partial charge on any atom is 0.258 e. The minimum Gasteiger partial charge on any atom is -0.484 e. The van der Waals surface area contributed by atoms with Gasteiger partial charge in [0.15, 0.2) is 19.5 Å². The van der Waals surface area contributed by atoms with Crippen molar-refractivity contribution in [1.82, 2.24) is 10.6 Å². The molecule has 0 aliphatic heterocycles. The lowest BCUT2D eigenvalue weighted by Gasteiger charge is -2.57. The van der Waals surface area contributed by atoms with E-state index in [1.54, 1.807) is 0 Å². The van der Waals surface area contributed by atoms with Crippen molar-refractivity contribution in [1.29, 1.82) is 0 Å². The molecule has 3 N–H and O–H groups in total. The molecule has 1 unspecified atom stereocenters. The highest BCUT2D eigenvalue weighted by Gasteiger charge is 2.56. The topological polar surface area (TPSA) is 106 Å². The number of carbonyl (C=O) groups excluding carboxylic acids is 2. The molecule has 224 valence electrons. The molecule has 0 heterocycles. The van der Waals surface area contributed by atoms with Gasteiger partial charge in [0, 0.05) is 24.1 Å². The Labute approximate surface area is 247 Å². The van der Waals surface area contributed by atoms with E-state index in [1.165, 1.54) is 24.3 Å². The maximum absolute atomic E-state index is 13.7. The lowest BCUT2D eigenvalue weighted by atomic mass is 9.59. The first-order valence-corrected chi connectivity index (χ1v) is 14.3. The van der Waals surface area contributed by atoms with Gasteiger partial charge in [0.2, 0.25) is 0 Å². The largest absolute Gasteiger partial charge is 0.484 e. The van der Waals surface area contributed by atoms with Gasteiger partial charge in [0.25, 0.3) is 11.8 Å². The van der Waals surface area contributed by atoms with Crippen LogP contribution in [0, 0.1) is 17.6 Å². The van der Waals surface area contributed by atoms with Crippen LogP contribution in [0.3, 0.4) is 0 Å². The Kier molecular flexibility index (Phi) is 10.00. The second-order valence-electron chi connectivity index (χ2n) is 11.2. The molecule has 2 bridgehead atoms. The Morgan fingerprint density at radius 2 is 1.44 bits per heavy atom. The second-order valence-corrected chi connectivity index (χ2v) is 12.0. The first-order valence-electron chi connectivity index (χ1n) is 13.5. The van der Waals surface area contributed by atoms with E-state index in [1.807, 2.05) is 13.8 Å². The van der Waals surface area contributed by atoms with Gasteiger partial charge in [-0.1, -0.05) is 37.0 Å². The number of fused-ring (bicyclic) bond motifs is 3. The van der Waals surface area contributed by atoms with Crippen LogP contribution >= 0.6 is 23.2 Å². The van der Waals surface area contributed by atoms with Crippen molar-refractivity contribution in [3.63, 3.8) is 0 Å². The van der Waals surface area contributed by atoms with E-state index in [9.17, 15) is 23.5 Å². The third-order valence-corrected chi connectivity index (χ3v) is 8.21. The van der Waals surface area contributed by atoms with E-state index < -0.39 is 41.0 Å². The quantitative estimate of drug-likeness (QED) is 0.285. The van der Waals surface area contributed by atoms with Gasteiger partial charge in [-0.2, -0.15) is 0 Å². The summed E-state index contributed by atoms with van der Waals surface area (Å²) in [5.41, 5.74) is -1.41. The van der Waals surface area contributed by atoms with Gasteiger partial charge in [0.1, 0.15) is 23.1 Å². The second kappa shape index (κ2) is 13.1. The molecular formula is C29H34Cl2F2N2O6. The summed E-state index contributed by atoms with van der Waals surface area (Å²) in [4.78, 5) is 25.8. The fraction of sp³-hybridized carbons (Fsp3) is 0.517. The van der Waals surface area contributed by atoms with E-state index in [0.717, 1.165) is 12.1 Å². The number of aliphatic hydroxyl groups is 1. The van der Waals surface area contributed by atoms with Crippen LogP contribution in [0.2, 0.25) is 10.0 Å². The van der Waals surface area contributed by atoms with Gasteiger partial charge >= 0.3 is 0 Å². The maximum atomic E-state index is 13.7. The van der Waals surface area contributed by atoms with E-state index in [4.69, 9.17) is 37.4 Å². The van der Waals surface area contributed by atoms with Gasteiger partial charge < -0.3 is 30.0 Å². The van der Waals surface area contributed by atoms with Crippen molar-refractivity contribution < 1.29 is 37.7 Å². The first kappa shape index (κ1) is 31.3. The molecule has 8 nitrogen and oxygen atoms in total. The molecule has 0 saturated heterocycles. The van der Waals surface area contributed by atoms with Crippen molar-refractivity contribution in [3.8, 4) is 11.5 Å². The molecule has 2 atom stereocenters. The van der Waals surface area contributed by atoms with Crippen molar-refractivity contribution in [2.24, 2.45) is 5.92 Å². The number of carbonyl (C=O) groups is 2. The molecule has 12 heteroatoms. The smallest absolute Gasteiger partial charge is 0.258 e. The van der Waals surface area contributed by atoms with Crippen LogP contribution in [0.15, 0.2) is 36.4 Å². The molecule has 3 aliphatic carbocycles. The van der Waals surface area contributed by atoms with Crippen molar-refractivity contribution >= 4 is 35.0 Å². The Morgan fingerprint density at radius 1 is 0.927 bits per heavy atom. The zero-order valence-corrected chi connectivity index (χ0v) is 24.4. The molecule has 3 fully saturated rings. The molecule has 3 aliphatic rings. The summed E-state index contributed by atoms with van der Waals surface area (Å²) in [5.74, 6) is -1.59. The van der Waals surface area contributed by atoms with Gasteiger partial charge in [-0.15, -0.1) is 0 Å². The normalized spacial score (nSPS) is 24.1. The van der Waals surface area contributed by atoms with Crippen LogP contribution in [-0.4, -0.2) is 53.6 Å². The van der Waals surface area contributed by atoms with E-state index >= 15 is 0 Å². The summed E-state index contributed by atoms with van der Waals surface area (Å²) in [6, 6.07) is 7.85. The summed E-state index contributed by atoms with van der Waals surface area (Å²) in [7, 11) is 0. The number of aliphatic hydroxyl groups excluding tert-OH is 1. The van der Waals surface area contributed by atoms with Crippen LogP contribution in [-0.2, 0) is 14.3 Å². The van der Waals surface area contributed by atoms with E-state index in [2.05, 4.69) is 10.6 Å². The molecule has 0 aromatic heterocycles. The van der Waals surface area contributed by atoms with Crippen LogP contribution in [0.5, 0.6) is 11.5 Å². The molecule has 2 aromatic carbocycles. The molecule has 0 radical (unpaired) electrons. The summed E-state index contributed by atoms with van der Waals surface area (Å²) in [5, 5.41) is 16.6. The predicted octanol–water partition coefficient (Wildman–Crippen LogP) is 5.17. The number of hydrogen-bond donors (Lipinski definition) is 3. The van der Waals surface area contributed by atoms with Gasteiger partial charge in [-0.25, -0.2) is 8.78 Å². The van der Waals surface area contributed by atoms with E-state index in [-0.39, 0.29) is 46.6 Å². The fourth-order valence-electron chi connectivity index (χ4n) is 5.54. The third-order valence-electron chi connectivity index (χ3n) is 7.60. The first-order chi connectivity index (χ1) is 19.4. The van der Waals surface area contributed by atoms with Crippen LogP contribution < -0.4 is 20.1 Å². The number of amides is 2. The average molecular weight is 616 g/mol.